The summed E-state index contributed by atoms with van der Waals surface area (Å²) in [5.74, 6) is 0. The van der Waals surface area contributed by atoms with E-state index in [2.05, 4.69) is 205 Å². The first kappa shape index (κ1) is 33.0. The summed E-state index contributed by atoms with van der Waals surface area (Å²) in [7, 11) is 0. The topological polar surface area (TPSA) is 16.4 Å². The monoisotopic (exact) mass is 757 g/mol. The average Bonchev–Trinajstić information content (AvgIpc) is 3.95. The van der Waals surface area contributed by atoms with E-state index in [0.717, 1.165) is 39.0 Å². The lowest BCUT2D eigenvalue weighted by Crippen LogP contribution is -2.28. The predicted molar refractivity (Wildman–Crippen MR) is 244 cm³/mol. The molecule has 0 fully saturated rings. The Hall–Kier alpha value is -7.20. The molecule has 0 atom stereocenters. The average molecular weight is 758 g/mol. The second-order valence-corrected chi connectivity index (χ2v) is 16.3. The summed E-state index contributed by atoms with van der Waals surface area (Å²) in [6.07, 6.45) is 0. The van der Waals surface area contributed by atoms with Gasteiger partial charge in [0.15, 0.2) is 0 Å². The molecule has 0 bridgehead atoms. The van der Waals surface area contributed by atoms with Crippen LogP contribution in [-0.2, 0) is 5.41 Å². The number of rotatable bonds is 6. The van der Waals surface area contributed by atoms with Crippen molar-refractivity contribution in [2.75, 3.05) is 4.90 Å². The Kier molecular flexibility index (Phi) is 7.35. The summed E-state index contributed by atoms with van der Waals surface area (Å²) >= 11 is 1.87. The molecular weight excluding hydrogens is 723 g/mol. The number of hydrogen-bond acceptors (Lipinski definition) is 3. The highest BCUT2D eigenvalue weighted by molar-refractivity contribution is 7.26. The van der Waals surface area contributed by atoms with Crippen LogP contribution in [0, 0.1) is 0 Å². The fourth-order valence-electron chi connectivity index (χ4n) is 9.67. The quantitative estimate of drug-likeness (QED) is 0.168. The molecule has 0 unspecified atom stereocenters. The van der Waals surface area contributed by atoms with Gasteiger partial charge >= 0.3 is 0 Å². The van der Waals surface area contributed by atoms with Gasteiger partial charge in [-0.05, 0) is 93.0 Å². The minimum atomic E-state index is -0.451. The SMILES string of the molecule is c1ccc(-c2cccc(N(c3ccc4c(c3)oc3ccccc34)c3cccc4sc5cc(C6(c7ccccc7)c7ccccc7-c7ccccc76)ccc5c34)c2)cc1. The van der Waals surface area contributed by atoms with Crippen LogP contribution in [0.4, 0.5) is 17.1 Å². The van der Waals surface area contributed by atoms with Crippen molar-refractivity contribution < 1.29 is 4.42 Å². The van der Waals surface area contributed by atoms with E-state index >= 15 is 0 Å². The second-order valence-electron chi connectivity index (χ2n) is 15.2. The Labute approximate surface area is 340 Å². The first-order chi connectivity index (χ1) is 28.8. The largest absolute Gasteiger partial charge is 0.456 e. The molecule has 3 heteroatoms. The third-order valence-electron chi connectivity index (χ3n) is 12.1. The molecule has 11 aromatic rings. The molecule has 272 valence electrons. The van der Waals surface area contributed by atoms with E-state index in [-0.39, 0.29) is 0 Å². The van der Waals surface area contributed by atoms with Crippen molar-refractivity contribution in [2.24, 2.45) is 0 Å². The maximum absolute atomic E-state index is 6.48. The lowest BCUT2D eigenvalue weighted by atomic mass is 9.67. The zero-order chi connectivity index (χ0) is 38.2. The van der Waals surface area contributed by atoms with Crippen molar-refractivity contribution in [3.05, 3.63) is 235 Å². The molecule has 0 radical (unpaired) electrons. The summed E-state index contributed by atoms with van der Waals surface area (Å²) in [5.41, 5.74) is 14.7. The molecule has 0 spiro atoms. The lowest BCUT2D eigenvalue weighted by molar-refractivity contribution is 0.669. The van der Waals surface area contributed by atoms with Gasteiger partial charge in [-0.15, -0.1) is 11.3 Å². The fourth-order valence-corrected chi connectivity index (χ4v) is 10.8. The van der Waals surface area contributed by atoms with Crippen molar-refractivity contribution in [1.82, 2.24) is 0 Å². The molecule has 2 heterocycles. The number of hydrogen-bond donors (Lipinski definition) is 0. The lowest BCUT2D eigenvalue weighted by Gasteiger charge is -2.34. The normalized spacial score (nSPS) is 13.0. The number of nitrogens with zero attached hydrogens (tertiary/aromatic N) is 1. The number of thiophene rings is 1. The van der Waals surface area contributed by atoms with E-state index in [0.29, 0.717) is 0 Å². The summed E-state index contributed by atoms with van der Waals surface area (Å²) < 4.78 is 9.00. The molecule has 2 aromatic heterocycles. The summed E-state index contributed by atoms with van der Waals surface area (Å²) in [4.78, 5) is 2.41. The van der Waals surface area contributed by atoms with Gasteiger partial charge in [0.2, 0.25) is 0 Å². The van der Waals surface area contributed by atoms with Gasteiger partial charge in [0, 0.05) is 48.4 Å². The van der Waals surface area contributed by atoms with Gasteiger partial charge in [0.05, 0.1) is 11.1 Å². The molecule has 0 amide bonds. The minimum absolute atomic E-state index is 0.451. The minimum Gasteiger partial charge on any atom is -0.456 e. The van der Waals surface area contributed by atoms with E-state index in [4.69, 9.17) is 4.42 Å². The van der Waals surface area contributed by atoms with Gasteiger partial charge in [-0.25, -0.2) is 0 Å². The molecule has 0 saturated heterocycles. The van der Waals surface area contributed by atoms with Crippen molar-refractivity contribution >= 4 is 70.5 Å². The predicted octanol–water partition coefficient (Wildman–Crippen LogP) is 15.5. The molecule has 12 rings (SSSR count). The zero-order valence-electron chi connectivity index (χ0n) is 31.5. The van der Waals surface area contributed by atoms with E-state index in [1.807, 2.05) is 23.5 Å². The van der Waals surface area contributed by atoms with E-state index in [1.165, 1.54) is 64.7 Å². The molecule has 0 aliphatic heterocycles. The van der Waals surface area contributed by atoms with Gasteiger partial charge < -0.3 is 9.32 Å². The third-order valence-corrected chi connectivity index (χ3v) is 13.3. The number of fused-ring (bicyclic) bond motifs is 9. The molecule has 0 saturated carbocycles. The Balaban J connectivity index is 1.10. The van der Waals surface area contributed by atoms with Crippen LogP contribution >= 0.6 is 11.3 Å². The summed E-state index contributed by atoms with van der Waals surface area (Å²) in [6.45, 7) is 0. The highest BCUT2D eigenvalue weighted by Gasteiger charge is 2.46. The first-order valence-corrected chi connectivity index (χ1v) is 20.6. The molecule has 9 aromatic carbocycles. The third kappa shape index (κ3) is 4.84. The Bertz CT molecular complexity index is 3310. The van der Waals surface area contributed by atoms with E-state index in [1.54, 1.807) is 0 Å². The summed E-state index contributed by atoms with van der Waals surface area (Å²) in [5, 5.41) is 4.73. The highest BCUT2D eigenvalue weighted by atomic mass is 32.1. The van der Waals surface area contributed by atoms with Crippen LogP contribution in [0.5, 0.6) is 0 Å². The van der Waals surface area contributed by atoms with Crippen molar-refractivity contribution in [3.8, 4) is 22.3 Å². The van der Waals surface area contributed by atoms with Crippen LogP contribution in [-0.4, -0.2) is 0 Å². The van der Waals surface area contributed by atoms with Crippen LogP contribution in [0.3, 0.4) is 0 Å². The molecule has 1 aliphatic rings. The summed E-state index contributed by atoms with van der Waals surface area (Å²) in [6, 6.07) is 77.5. The number of anilines is 3. The van der Waals surface area contributed by atoms with Gasteiger partial charge in [-0.2, -0.15) is 0 Å². The van der Waals surface area contributed by atoms with Crippen LogP contribution in [0.25, 0.3) is 64.4 Å². The van der Waals surface area contributed by atoms with Crippen LogP contribution in [0.1, 0.15) is 22.3 Å². The van der Waals surface area contributed by atoms with Gasteiger partial charge in [-0.1, -0.05) is 158 Å². The van der Waals surface area contributed by atoms with Gasteiger partial charge in [0.25, 0.3) is 0 Å². The first-order valence-electron chi connectivity index (χ1n) is 19.8. The molecule has 0 N–H and O–H groups in total. The van der Waals surface area contributed by atoms with Crippen molar-refractivity contribution in [1.29, 1.82) is 0 Å². The standard InChI is InChI=1S/C55H35NOS/c1-3-15-36(16-4-1)37-17-13-20-40(33-37)56(41-30-32-45-44-23-9-12-27-50(44)57-51(45)35-41)49-26-14-28-52-54(49)46-31-29-39(34-53(46)58-52)55(38-18-5-2-6-19-38)47-24-10-7-21-42(47)43-22-8-11-25-48(43)55/h1-35H. The van der Waals surface area contributed by atoms with Crippen molar-refractivity contribution in [2.45, 2.75) is 5.41 Å². The Morgan fingerprint density at radius 2 is 1.03 bits per heavy atom. The van der Waals surface area contributed by atoms with Gasteiger partial charge in [0.1, 0.15) is 11.2 Å². The van der Waals surface area contributed by atoms with Gasteiger partial charge in [-0.3, -0.25) is 0 Å². The molecule has 2 nitrogen and oxygen atoms in total. The van der Waals surface area contributed by atoms with E-state index < -0.39 is 5.41 Å². The van der Waals surface area contributed by atoms with Crippen molar-refractivity contribution in [3.63, 3.8) is 0 Å². The van der Waals surface area contributed by atoms with Crippen LogP contribution < -0.4 is 4.90 Å². The second kappa shape index (κ2) is 12.9. The number of benzene rings is 9. The number of furan rings is 1. The zero-order valence-corrected chi connectivity index (χ0v) is 32.3. The van der Waals surface area contributed by atoms with E-state index in [9.17, 15) is 0 Å². The van der Waals surface area contributed by atoms with Crippen LogP contribution in [0.15, 0.2) is 217 Å². The van der Waals surface area contributed by atoms with Crippen LogP contribution in [0.2, 0.25) is 0 Å². The maximum atomic E-state index is 6.48. The molecule has 1 aliphatic carbocycles. The smallest absolute Gasteiger partial charge is 0.137 e. The molecule has 58 heavy (non-hydrogen) atoms. The Morgan fingerprint density at radius 3 is 1.84 bits per heavy atom. The maximum Gasteiger partial charge on any atom is 0.137 e. The Morgan fingerprint density at radius 1 is 0.397 bits per heavy atom. The highest BCUT2D eigenvalue weighted by Crippen LogP contribution is 2.57. The number of para-hydroxylation sites is 1. The fraction of sp³-hybridized carbons (Fsp3) is 0.0182. The molecular formula is C55H35NOS.